The van der Waals surface area contributed by atoms with Gasteiger partial charge in [-0.2, -0.15) is 0 Å². The van der Waals surface area contributed by atoms with Gasteiger partial charge in [-0.15, -0.1) is 0 Å². The van der Waals surface area contributed by atoms with Crippen LogP contribution < -0.4 is 0 Å². The summed E-state index contributed by atoms with van der Waals surface area (Å²) in [7, 11) is 3.57. The number of likely N-dealkylation sites (N-methyl/N-ethyl adjacent to an activating group) is 1. The summed E-state index contributed by atoms with van der Waals surface area (Å²) >= 11 is 0. The molecule has 2 aromatic rings. The number of amides is 1. The molecule has 1 saturated heterocycles. The Labute approximate surface area is 141 Å². The monoisotopic (exact) mass is 330 g/mol. The smallest absolute Gasteiger partial charge is 0.248 e. The third kappa shape index (κ3) is 3.06. The highest BCUT2D eigenvalue weighted by Gasteiger charge is 2.43. The van der Waals surface area contributed by atoms with Crippen LogP contribution in [0.2, 0.25) is 0 Å². The summed E-state index contributed by atoms with van der Waals surface area (Å²) in [6, 6.07) is 6.87. The summed E-state index contributed by atoms with van der Waals surface area (Å²) in [4.78, 5) is 20.8. The molecule has 6 heteroatoms. The average Bonchev–Trinajstić information content (AvgIpc) is 3.12. The number of rotatable bonds is 4. The van der Waals surface area contributed by atoms with Crippen LogP contribution in [0.4, 0.5) is 4.39 Å². The number of carbonyl (C=O) groups is 1. The van der Waals surface area contributed by atoms with Crippen molar-refractivity contribution in [1.29, 1.82) is 0 Å². The summed E-state index contributed by atoms with van der Waals surface area (Å²) < 4.78 is 15.8. The first-order valence-corrected chi connectivity index (χ1v) is 8.19. The molecule has 0 aliphatic carbocycles. The summed E-state index contributed by atoms with van der Waals surface area (Å²) in [6.07, 6.45) is 6.65. The summed E-state index contributed by atoms with van der Waals surface area (Å²) in [6.45, 7) is 2.06. The first-order valence-electron chi connectivity index (χ1n) is 8.19. The van der Waals surface area contributed by atoms with E-state index in [1.165, 1.54) is 6.07 Å². The van der Waals surface area contributed by atoms with Crippen molar-refractivity contribution >= 4 is 5.91 Å². The second-order valence-corrected chi connectivity index (χ2v) is 6.57. The molecular formula is C18H23FN4O. The molecule has 3 rings (SSSR count). The molecule has 1 amide bonds. The molecule has 24 heavy (non-hydrogen) atoms. The van der Waals surface area contributed by atoms with Gasteiger partial charge in [-0.05, 0) is 18.9 Å². The molecule has 1 aromatic carbocycles. The van der Waals surface area contributed by atoms with E-state index in [1.54, 1.807) is 37.6 Å². The van der Waals surface area contributed by atoms with Crippen LogP contribution >= 0.6 is 0 Å². The fraction of sp³-hybridized carbons (Fsp3) is 0.444. The Morgan fingerprint density at radius 1 is 1.29 bits per heavy atom. The van der Waals surface area contributed by atoms with Crippen LogP contribution in [-0.2, 0) is 16.9 Å². The molecule has 1 aliphatic rings. The molecule has 1 aliphatic heterocycles. The fourth-order valence-electron chi connectivity index (χ4n) is 3.46. The van der Waals surface area contributed by atoms with E-state index >= 15 is 0 Å². The molecule has 1 fully saturated rings. The second kappa shape index (κ2) is 6.73. The van der Waals surface area contributed by atoms with Crippen LogP contribution in [0.15, 0.2) is 43.0 Å². The fourth-order valence-corrected chi connectivity index (χ4v) is 3.46. The van der Waals surface area contributed by atoms with Crippen molar-refractivity contribution in [3.8, 4) is 0 Å². The number of imidazole rings is 1. The number of halogens is 1. The van der Waals surface area contributed by atoms with Gasteiger partial charge in [0.15, 0.2) is 0 Å². The van der Waals surface area contributed by atoms with E-state index in [-0.39, 0.29) is 11.7 Å². The quantitative estimate of drug-likeness (QED) is 0.862. The van der Waals surface area contributed by atoms with E-state index in [0.717, 1.165) is 13.1 Å². The predicted octanol–water partition coefficient (Wildman–Crippen LogP) is 2.10. The van der Waals surface area contributed by atoms with Crippen molar-refractivity contribution in [2.24, 2.45) is 0 Å². The minimum atomic E-state index is -0.592. The number of nitrogens with zero attached hydrogens (tertiary/aromatic N) is 4. The minimum Gasteiger partial charge on any atom is -0.347 e. The Balaban J connectivity index is 1.75. The lowest BCUT2D eigenvalue weighted by Crippen LogP contribution is -2.54. The van der Waals surface area contributed by atoms with Gasteiger partial charge in [0.2, 0.25) is 5.91 Å². The van der Waals surface area contributed by atoms with Crippen LogP contribution in [0.3, 0.4) is 0 Å². The van der Waals surface area contributed by atoms with E-state index in [1.807, 2.05) is 22.9 Å². The maximum Gasteiger partial charge on any atom is 0.248 e. The van der Waals surface area contributed by atoms with Gasteiger partial charge in [0, 0.05) is 51.7 Å². The normalized spacial score (nSPS) is 17.6. The second-order valence-electron chi connectivity index (χ2n) is 6.57. The molecule has 0 radical (unpaired) electrons. The van der Waals surface area contributed by atoms with Gasteiger partial charge in [-0.1, -0.05) is 18.2 Å². The molecule has 0 atom stereocenters. The Bertz CT molecular complexity index is 691. The highest BCUT2D eigenvalue weighted by Crippen LogP contribution is 2.32. The SMILES string of the molecule is CN(C)C(=O)C1(n2ccnc2)CCN(Cc2ccccc2F)CC1. The van der Waals surface area contributed by atoms with E-state index in [0.29, 0.717) is 24.9 Å². The number of hydrogen-bond acceptors (Lipinski definition) is 3. The minimum absolute atomic E-state index is 0.0889. The van der Waals surface area contributed by atoms with Gasteiger partial charge >= 0.3 is 0 Å². The van der Waals surface area contributed by atoms with Gasteiger partial charge in [-0.25, -0.2) is 9.37 Å². The lowest BCUT2D eigenvalue weighted by molar-refractivity contribution is -0.141. The van der Waals surface area contributed by atoms with E-state index < -0.39 is 5.54 Å². The Hall–Kier alpha value is -2.21. The van der Waals surface area contributed by atoms with Gasteiger partial charge < -0.3 is 9.47 Å². The number of piperidine rings is 1. The van der Waals surface area contributed by atoms with Crippen molar-refractivity contribution in [2.45, 2.75) is 24.9 Å². The highest BCUT2D eigenvalue weighted by molar-refractivity contribution is 5.84. The number of hydrogen-bond donors (Lipinski definition) is 0. The Kier molecular flexibility index (Phi) is 4.66. The summed E-state index contributed by atoms with van der Waals surface area (Å²) in [5, 5.41) is 0. The first kappa shape index (κ1) is 16.6. The topological polar surface area (TPSA) is 41.4 Å². The molecule has 1 aromatic heterocycles. The largest absolute Gasteiger partial charge is 0.347 e. The maximum atomic E-state index is 13.9. The van der Waals surface area contributed by atoms with Crippen molar-refractivity contribution in [3.63, 3.8) is 0 Å². The summed E-state index contributed by atoms with van der Waals surface area (Å²) in [5.41, 5.74) is 0.109. The molecule has 0 unspecified atom stereocenters. The summed E-state index contributed by atoms with van der Waals surface area (Å²) in [5.74, 6) is -0.0839. The van der Waals surface area contributed by atoms with Crippen molar-refractivity contribution < 1.29 is 9.18 Å². The van der Waals surface area contributed by atoms with E-state index in [9.17, 15) is 9.18 Å². The van der Waals surface area contributed by atoms with Crippen molar-refractivity contribution in [2.75, 3.05) is 27.2 Å². The number of likely N-dealkylation sites (tertiary alicyclic amines) is 1. The zero-order chi connectivity index (χ0) is 17.2. The highest BCUT2D eigenvalue weighted by atomic mass is 19.1. The average molecular weight is 330 g/mol. The molecule has 0 saturated carbocycles. The van der Waals surface area contributed by atoms with Crippen LogP contribution in [0, 0.1) is 5.82 Å². The third-order valence-corrected chi connectivity index (χ3v) is 4.84. The van der Waals surface area contributed by atoms with E-state index in [4.69, 9.17) is 0 Å². The van der Waals surface area contributed by atoms with Gasteiger partial charge in [0.05, 0.1) is 6.33 Å². The predicted molar refractivity (Wildman–Crippen MR) is 89.8 cm³/mol. The molecule has 0 N–H and O–H groups in total. The van der Waals surface area contributed by atoms with Gasteiger partial charge in [0.25, 0.3) is 0 Å². The van der Waals surface area contributed by atoms with Crippen LogP contribution in [0.1, 0.15) is 18.4 Å². The molecule has 2 heterocycles. The number of aromatic nitrogens is 2. The standard InChI is InChI=1S/C18H23FN4O/c1-21(2)17(24)18(23-12-9-20-14-23)7-10-22(11-8-18)13-15-5-3-4-6-16(15)19/h3-6,9,12,14H,7-8,10-11,13H2,1-2H3. The lowest BCUT2D eigenvalue weighted by atomic mass is 9.85. The molecule has 0 bridgehead atoms. The Morgan fingerprint density at radius 3 is 2.58 bits per heavy atom. The third-order valence-electron chi connectivity index (χ3n) is 4.84. The molecule has 0 spiro atoms. The number of carbonyl (C=O) groups excluding carboxylic acids is 1. The van der Waals surface area contributed by atoms with Crippen LogP contribution in [-0.4, -0.2) is 52.4 Å². The zero-order valence-electron chi connectivity index (χ0n) is 14.2. The lowest BCUT2D eigenvalue weighted by Gasteiger charge is -2.42. The van der Waals surface area contributed by atoms with E-state index in [2.05, 4.69) is 9.88 Å². The first-order chi connectivity index (χ1) is 11.5. The van der Waals surface area contributed by atoms with Crippen molar-refractivity contribution in [3.05, 3.63) is 54.4 Å². The molecular weight excluding hydrogens is 307 g/mol. The zero-order valence-corrected chi connectivity index (χ0v) is 14.2. The van der Waals surface area contributed by atoms with Gasteiger partial charge in [0.1, 0.15) is 11.4 Å². The molecule has 128 valence electrons. The van der Waals surface area contributed by atoms with Gasteiger partial charge in [-0.3, -0.25) is 9.69 Å². The van der Waals surface area contributed by atoms with Crippen molar-refractivity contribution in [1.82, 2.24) is 19.4 Å². The van der Waals surface area contributed by atoms with Crippen LogP contribution in [0.25, 0.3) is 0 Å². The maximum absolute atomic E-state index is 13.9. The number of benzene rings is 1. The molecule has 5 nitrogen and oxygen atoms in total. The van der Waals surface area contributed by atoms with Crippen LogP contribution in [0.5, 0.6) is 0 Å². The Morgan fingerprint density at radius 2 is 2.00 bits per heavy atom.